The zero-order valence-electron chi connectivity index (χ0n) is 31.4. The van der Waals surface area contributed by atoms with Gasteiger partial charge in [-0.3, -0.25) is 4.79 Å². The number of aliphatic hydroxyl groups is 11. The summed E-state index contributed by atoms with van der Waals surface area (Å²) in [5.74, 6) is -0.605. The molecular weight excluding hydrogens is 728 g/mol. The van der Waals surface area contributed by atoms with E-state index in [0.717, 1.165) is 18.4 Å². The third-order valence-electron chi connectivity index (χ3n) is 15.3. The van der Waals surface area contributed by atoms with Crippen molar-refractivity contribution in [3.05, 3.63) is 12.2 Å². The van der Waals surface area contributed by atoms with Crippen LogP contribution >= 0.6 is 0 Å². The minimum atomic E-state index is -1.77. The standard InChI is InChI=1S/C38H60O17/c1-16-11-37-9-5-20-35(2,7-4-8-36(20,3)34(50)55-33-29(49)26(46)23(43)19(14-41)53-33)21(37)6-10-38(16,15-37)31-30(27(47)24(44)17(12-39)51-31)54-32-28(48)25(45)22(42)18(13-40)52-32/h17-33,39-49H,1,4-15H2,2-3H3/t17-,18-,19-,20?,21?,22-,23+,24-,25+,26-,27+,28-,29-,30-,31?,32+,33+,35-,36?,37-,38+/m1/s1. The smallest absolute Gasteiger partial charge is 0.314 e. The first-order chi connectivity index (χ1) is 25.9. The quantitative estimate of drug-likeness (QED) is 0.0884. The monoisotopic (exact) mass is 788 g/mol. The van der Waals surface area contributed by atoms with Crippen LogP contribution in [0.5, 0.6) is 0 Å². The van der Waals surface area contributed by atoms with Crippen LogP contribution in [0.1, 0.15) is 71.6 Å². The lowest BCUT2D eigenvalue weighted by Gasteiger charge is -2.65. The summed E-state index contributed by atoms with van der Waals surface area (Å²) < 4.78 is 29.6. The molecule has 55 heavy (non-hydrogen) atoms. The molecule has 3 heterocycles. The van der Waals surface area contributed by atoms with Crippen LogP contribution < -0.4 is 0 Å². The van der Waals surface area contributed by atoms with Crippen molar-refractivity contribution < 1.29 is 84.7 Å². The molecule has 4 saturated carbocycles. The second kappa shape index (κ2) is 15.0. The normalized spacial score (nSPS) is 55.4. The van der Waals surface area contributed by atoms with Crippen molar-refractivity contribution in [2.45, 2.75) is 164 Å². The lowest BCUT2D eigenvalue weighted by atomic mass is 9.40. The number of aliphatic hydroxyl groups excluding tert-OH is 11. The van der Waals surface area contributed by atoms with Crippen LogP contribution in [0.4, 0.5) is 0 Å². The van der Waals surface area contributed by atoms with Gasteiger partial charge in [-0.05, 0) is 81.0 Å². The first-order valence-corrected chi connectivity index (χ1v) is 19.7. The highest BCUT2D eigenvalue weighted by Gasteiger charge is 2.71. The van der Waals surface area contributed by atoms with E-state index in [1.54, 1.807) is 0 Å². The largest absolute Gasteiger partial charge is 0.432 e. The molecule has 0 radical (unpaired) electrons. The minimum Gasteiger partial charge on any atom is -0.432 e. The second-order valence-corrected chi connectivity index (χ2v) is 18.1. The number of carbonyl (C=O) groups excluding carboxylic acids is 1. The molecule has 11 N–H and O–H groups in total. The van der Waals surface area contributed by atoms with Gasteiger partial charge in [-0.15, -0.1) is 0 Å². The first kappa shape index (κ1) is 41.8. The van der Waals surface area contributed by atoms with Gasteiger partial charge in [-0.25, -0.2) is 0 Å². The molecule has 0 aromatic rings. The predicted octanol–water partition coefficient (Wildman–Crippen LogP) is -2.66. The molecule has 0 aromatic carbocycles. The van der Waals surface area contributed by atoms with Gasteiger partial charge in [0.15, 0.2) is 6.29 Å². The van der Waals surface area contributed by atoms with Crippen molar-refractivity contribution in [3.8, 4) is 0 Å². The van der Waals surface area contributed by atoms with E-state index >= 15 is 0 Å². The molecule has 17 nitrogen and oxygen atoms in total. The zero-order valence-corrected chi connectivity index (χ0v) is 31.4. The topological polar surface area (TPSA) is 286 Å². The van der Waals surface area contributed by atoms with Gasteiger partial charge in [0.2, 0.25) is 6.29 Å². The maximum absolute atomic E-state index is 14.2. The summed E-state index contributed by atoms with van der Waals surface area (Å²) in [6.07, 6.45) is -16.7. The van der Waals surface area contributed by atoms with E-state index in [1.807, 2.05) is 6.92 Å². The van der Waals surface area contributed by atoms with Gasteiger partial charge in [-0.1, -0.05) is 25.5 Å². The summed E-state index contributed by atoms with van der Waals surface area (Å²) in [7, 11) is 0. The van der Waals surface area contributed by atoms with E-state index in [-0.39, 0.29) is 22.7 Å². The molecule has 7 aliphatic rings. The molecule has 0 amide bonds. The van der Waals surface area contributed by atoms with E-state index in [2.05, 4.69) is 13.5 Å². The number of ether oxygens (including phenoxy) is 5. The summed E-state index contributed by atoms with van der Waals surface area (Å²) in [5.41, 5.74) is -1.59. The van der Waals surface area contributed by atoms with E-state index in [9.17, 15) is 61.0 Å². The maximum Gasteiger partial charge on any atom is 0.314 e. The Morgan fingerprint density at radius 2 is 1.24 bits per heavy atom. The van der Waals surface area contributed by atoms with Crippen molar-refractivity contribution in [1.82, 2.24) is 0 Å². The van der Waals surface area contributed by atoms with Crippen LogP contribution in [0.2, 0.25) is 0 Å². The Morgan fingerprint density at radius 1 is 0.691 bits per heavy atom. The van der Waals surface area contributed by atoms with Crippen molar-refractivity contribution >= 4 is 5.97 Å². The van der Waals surface area contributed by atoms with Gasteiger partial charge in [0.25, 0.3) is 0 Å². The van der Waals surface area contributed by atoms with E-state index in [1.165, 1.54) is 0 Å². The van der Waals surface area contributed by atoms with Crippen LogP contribution in [0.15, 0.2) is 12.2 Å². The van der Waals surface area contributed by atoms with Crippen LogP contribution in [-0.2, 0) is 28.5 Å². The molecular formula is C38H60O17. The Labute approximate surface area is 319 Å². The molecule has 314 valence electrons. The predicted molar refractivity (Wildman–Crippen MR) is 185 cm³/mol. The number of rotatable bonds is 8. The van der Waals surface area contributed by atoms with Crippen molar-refractivity contribution in [1.29, 1.82) is 0 Å². The highest BCUT2D eigenvalue weighted by molar-refractivity contribution is 5.77. The Bertz CT molecular complexity index is 1430. The SMILES string of the molecule is C=C1C[C@@]23CCC4C(C)(C(=O)O[C@@H]5O[C@H](CO)[C@H](O)[C@@H](O)[C@H]5O)CCC[C@@]4(C)C2CC[C@]1(C1O[C@H](CO)[C@@H](O)[C@H](O)[C@H]1O[C@@H]1O[C@H](CO)[C@@H](O)[C@H](O)[C@H]1O)C3. The Hall–Kier alpha value is -1.39. The molecule has 7 rings (SSSR count). The van der Waals surface area contributed by atoms with Crippen LogP contribution in [0, 0.1) is 33.5 Å². The zero-order chi connectivity index (χ0) is 40.0. The van der Waals surface area contributed by atoms with Crippen molar-refractivity contribution in [2.24, 2.45) is 33.5 Å². The molecule has 1 spiro atoms. The fourth-order valence-electron chi connectivity index (χ4n) is 12.5. The molecule has 4 unspecified atom stereocenters. The molecule has 7 fully saturated rings. The van der Waals surface area contributed by atoms with Gasteiger partial charge in [0.05, 0.1) is 31.3 Å². The maximum atomic E-state index is 14.2. The van der Waals surface area contributed by atoms with E-state index < -0.39 is 129 Å². The van der Waals surface area contributed by atoms with Crippen molar-refractivity contribution in [3.63, 3.8) is 0 Å². The van der Waals surface area contributed by atoms with Gasteiger partial charge in [-0.2, -0.15) is 0 Å². The number of fused-ring (bicyclic) bond motifs is 3. The number of esters is 1. The molecule has 21 atom stereocenters. The number of hydrogen-bond acceptors (Lipinski definition) is 17. The summed E-state index contributed by atoms with van der Waals surface area (Å²) in [6.45, 7) is 6.70. The van der Waals surface area contributed by atoms with Crippen molar-refractivity contribution in [2.75, 3.05) is 19.8 Å². The average molecular weight is 789 g/mol. The third-order valence-corrected chi connectivity index (χ3v) is 15.3. The van der Waals surface area contributed by atoms with Gasteiger partial charge < -0.3 is 79.9 Å². The molecule has 3 aliphatic heterocycles. The average Bonchev–Trinajstić information content (AvgIpc) is 3.37. The van der Waals surface area contributed by atoms with Crippen LogP contribution in [0.25, 0.3) is 0 Å². The van der Waals surface area contributed by atoms with Crippen LogP contribution in [-0.4, -0.2) is 174 Å². The molecule has 3 saturated heterocycles. The molecule has 0 aromatic heterocycles. The highest BCUT2D eigenvalue weighted by Crippen LogP contribution is 2.76. The van der Waals surface area contributed by atoms with Gasteiger partial charge in [0, 0.05) is 5.41 Å². The number of hydrogen-bond donors (Lipinski definition) is 11. The fourth-order valence-corrected chi connectivity index (χ4v) is 12.5. The fraction of sp³-hybridized carbons (Fsp3) is 0.921. The summed E-state index contributed by atoms with van der Waals surface area (Å²) in [6, 6.07) is 0. The van der Waals surface area contributed by atoms with Gasteiger partial charge >= 0.3 is 5.97 Å². The molecule has 4 aliphatic carbocycles. The van der Waals surface area contributed by atoms with Gasteiger partial charge in [0.1, 0.15) is 73.2 Å². The summed E-state index contributed by atoms with van der Waals surface area (Å²) in [5, 5.41) is 115. The first-order valence-electron chi connectivity index (χ1n) is 19.7. The molecule has 2 bridgehead atoms. The van der Waals surface area contributed by atoms with E-state index in [0.29, 0.717) is 44.9 Å². The third kappa shape index (κ3) is 6.36. The Morgan fingerprint density at radius 3 is 1.85 bits per heavy atom. The Balaban J connectivity index is 1.15. The molecule has 17 heteroatoms. The summed E-state index contributed by atoms with van der Waals surface area (Å²) in [4.78, 5) is 14.2. The number of carbonyl (C=O) groups is 1. The second-order valence-electron chi connectivity index (χ2n) is 18.1. The lowest BCUT2D eigenvalue weighted by molar-refractivity contribution is -0.349. The van der Waals surface area contributed by atoms with E-state index in [4.69, 9.17) is 23.7 Å². The lowest BCUT2D eigenvalue weighted by Crippen LogP contribution is -2.67. The van der Waals surface area contributed by atoms with Crippen LogP contribution in [0.3, 0.4) is 0 Å². The Kier molecular flexibility index (Phi) is 11.4. The minimum absolute atomic E-state index is 0.114. The summed E-state index contributed by atoms with van der Waals surface area (Å²) >= 11 is 0. The highest BCUT2D eigenvalue weighted by atomic mass is 16.7.